The molecule has 6 heteroatoms. The van der Waals surface area contributed by atoms with Gasteiger partial charge in [-0.25, -0.2) is 0 Å². The lowest BCUT2D eigenvalue weighted by molar-refractivity contribution is 0.310. The highest BCUT2D eigenvalue weighted by Gasteiger charge is 2.08. The third kappa shape index (κ3) is 5.48. The van der Waals surface area contributed by atoms with Crippen LogP contribution in [0.5, 0.6) is 0 Å². The molecule has 0 saturated heterocycles. The van der Waals surface area contributed by atoms with E-state index in [9.17, 15) is 0 Å². The van der Waals surface area contributed by atoms with Crippen LogP contribution in [0.4, 0.5) is 0 Å². The van der Waals surface area contributed by atoms with Crippen LogP contribution in [-0.4, -0.2) is 44.1 Å². The predicted molar refractivity (Wildman–Crippen MR) is 97.4 cm³/mol. The monoisotopic (exact) mass is 336 g/mol. The molecule has 0 aromatic carbocycles. The van der Waals surface area contributed by atoms with Gasteiger partial charge < -0.3 is 0 Å². The van der Waals surface area contributed by atoms with Crippen molar-refractivity contribution in [2.24, 2.45) is 0 Å². The molecule has 0 unspecified atom stereocenters. The fraction of sp³-hybridized carbons (Fsp3) is 0.316. The third-order valence-corrected chi connectivity index (χ3v) is 3.87. The zero-order chi connectivity index (χ0) is 17.5. The van der Waals surface area contributed by atoms with E-state index in [2.05, 4.69) is 50.1 Å². The fourth-order valence-electron chi connectivity index (χ4n) is 2.79. The smallest absolute Gasteiger partial charge is 0.0765 e. The molecule has 0 fully saturated rings. The molecular formula is C19H24N6. The standard InChI is InChI=1S/C19H24N6/c1-24(12-16-7-3-5-9-20-16)14-18-11-19(23-22-18)15-25(2)13-17-8-4-6-10-21-17/h3-11H,12-15H2,1-2H3,(H,22,23). The van der Waals surface area contributed by atoms with Crippen molar-refractivity contribution in [1.82, 2.24) is 30.0 Å². The molecule has 3 heterocycles. The van der Waals surface area contributed by atoms with Crippen LogP contribution < -0.4 is 0 Å². The van der Waals surface area contributed by atoms with Gasteiger partial charge in [0.1, 0.15) is 0 Å². The molecule has 130 valence electrons. The molecule has 1 N–H and O–H groups in total. The topological polar surface area (TPSA) is 60.9 Å². The molecule has 0 aliphatic rings. The number of aromatic amines is 1. The number of nitrogens with one attached hydrogen (secondary N) is 1. The normalized spacial score (nSPS) is 11.4. The summed E-state index contributed by atoms with van der Waals surface area (Å²) in [5.74, 6) is 0. The van der Waals surface area contributed by atoms with E-state index in [1.165, 1.54) is 0 Å². The van der Waals surface area contributed by atoms with Crippen molar-refractivity contribution in [2.75, 3.05) is 14.1 Å². The summed E-state index contributed by atoms with van der Waals surface area (Å²) in [5.41, 5.74) is 4.29. The van der Waals surface area contributed by atoms with Gasteiger partial charge >= 0.3 is 0 Å². The lowest BCUT2D eigenvalue weighted by atomic mass is 10.3. The Kier molecular flexibility index (Phi) is 5.87. The first kappa shape index (κ1) is 17.3. The summed E-state index contributed by atoms with van der Waals surface area (Å²) < 4.78 is 0. The highest BCUT2D eigenvalue weighted by atomic mass is 15.2. The zero-order valence-corrected chi connectivity index (χ0v) is 14.8. The van der Waals surface area contributed by atoms with E-state index < -0.39 is 0 Å². The van der Waals surface area contributed by atoms with Gasteiger partial charge in [0, 0.05) is 44.3 Å². The number of hydrogen-bond donors (Lipinski definition) is 1. The Morgan fingerprint density at radius 2 is 1.32 bits per heavy atom. The van der Waals surface area contributed by atoms with Crippen LogP contribution in [0.3, 0.4) is 0 Å². The molecule has 0 spiro atoms. The maximum absolute atomic E-state index is 4.43. The number of rotatable bonds is 8. The SMILES string of the molecule is CN(Cc1ccccn1)Cc1cc(CN(C)Cc2ccccn2)[nH]n1. The number of aromatic nitrogens is 4. The molecule has 0 amide bonds. The average Bonchev–Trinajstić information content (AvgIpc) is 3.03. The molecule has 3 rings (SSSR count). The van der Waals surface area contributed by atoms with E-state index in [1.54, 1.807) is 0 Å². The Balaban J connectivity index is 1.50. The lowest BCUT2D eigenvalue weighted by Crippen LogP contribution is -2.18. The second-order valence-electron chi connectivity index (χ2n) is 6.37. The van der Waals surface area contributed by atoms with E-state index >= 15 is 0 Å². The van der Waals surface area contributed by atoms with Crippen LogP contribution in [0, 0.1) is 0 Å². The molecular weight excluding hydrogens is 312 g/mol. The van der Waals surface area contributed by atoms with E-state index in [0.29, 0.717) is 0 Å². The van der Waals surface area contributed by atoms with Crippen molar-refractivity contribution in [1.29, 1.82) is 0 Å². The molecule has 6 nitrogen and oxygen atoms in total. The van der Waals surface area contributed by atoms with Crippen LogP contribution in [0.15, 0.2) is 54.9 Å². The fourth-order valence-corrected chi connectivity index (χ4v) is 2.79. The minimum absolute atomic E-state index is 0.789. The largest absolute Gasteiger partial charge is 0.295 e. The second kappa shape index (κ2) is 8.50. The predicted octanol–water partition coefficient (Wildman–Crippen LogP) is 2.46. The lowest BCUT2D eigenvalue weighted by Gasteiger charge is -2.15. The number of H-pyrrole nitrogens is 1. The van der Waals surface area contributed by atoms with Crippen molar-refractivity contribution in [2.45, 2.75) is 26.2 Å². The quantitative estimate of drug-likeness (QED) is 0.685. The molecule has 0 aliphatic carbocycles. The summed E-state index contributed by atoms with van der Waals surface area (Å²) in [6.07, 6.45) is 3.65. The molecule has 0 aliphatic heterocycles. The Morgan fingerprint density at radius 3 is 1.88 bits per heavy atom. The minimum Gasteiger partial charge on any atom is -0.295 e. The third-order valence-electron chi connectivity index (χ3n) is 3.87. The average molecular weight is 336 g/mol. The molecule has 3 aromatic rings. The Bertz CT molecular complexity index is 692. The number of pyridine rings is 2. The Morgan fingerprint density at radius 1 is 0.760 bits per heavy atom. The Labute approximate surface area is 148 Å². The van der Waals surface area contributed by atoms with Crippen LogP contribution >= 0.6 is 0 Å². The van der Waals surface area contributed by atoms with Crippen LogP contribution in [0.25, 0.3) is 0 Å². The van der Waals surface area contributed by atoms with Gasteiger partial charge in [0.15, 0.2) is 0 Å². The molecule has 25 heavy (non-hydrogen) atoms. The van der Waals surface area contributed by atoms with E-state index in [-0.39, 0.29) is 0 Å². The van der Waals surface area contributed by atoms with E-state index in [4.69, 9.17) is 0 Å². The molecule has 0 saturated carbocycles. The van der Waals surface area contributed by atoms with Gasteiger partial charge in [0.25, 0.3) is 0 Å². The maximum Gasteiger partial charge on any atom is 0.0765 e. The van der Waals surface area contributed by atoms with Gasteiger partial charge in [0.2, 0.25) is 0 Å². The van der Waals surface area contributed by atoms with E-state index in [0.717, 1.165) is 49.0 Å². The van der Waals surface area contributed by atoms with Crippen molar-refractivity contribution in [3.8, 4) is 0 Å². The van der Waals surface area contributed by atoms with Gasteiger partial charge in [-0.15, -0.1) is 0 Å². The molecule has 0 radical (unpaired) electrons. The Hall–Kier alpha value is -2.57. The highest BCUT2D eigenvalue weighted by Crippen LogP contribution is 2.09. The van der Waals surface area contributed by atoms with Crippen molar-refractivity contribution in [3.63, 3.8) is 0 Å². The van der Waals surface area contributed by atoms with Crippen LogP contribution in [0.1, 0.15) is 22.8 Å². The number of hydrogen-bond acceptors (Lipinski definition) is 5. The maximum atomic E-state index is 4.43. The van der Waals surface area contributed by atoms with Crippen molar-refractivity contribution in [3.05, 3.63) is 77.6 Å². The van der Waals surface area contributed by atoms with Gasteiger partial charge in [0.05, 0.1) is 17.1 Å². The van der Waals surface area contributed by atoms with Gasteiger partial charge in [-0.1, -0.05) is 12.1 Å². The molecule has 0 atom stereocenters. The van der Waals surface area contributed by atoms with Gasteiger partial charge in [-0.2, -0.15) is 5.10 Å². The molecule has 0 bridgehead atoms. The first-order valence-electron chi connectivity index (χ1n) is 8.39. The van der Waals surface area contributed by atoms with Crippen LogP contribution in [0.2, 0.25) is 0 Å². The highest BCUT2D eigenvalue weighted by molar-refractivity contribution is 5.10. The first-order valence-corrected chi connectivity index (χ1v) is 8.39. The van der Waals surface area contributed by atoms with E-state index in [1.807, 2.05) is 48.8 Å². The first-order chi connectivity index (χ1) is 12.2. The van der Waals surface area contributed by atoms with Gasteiger partial charge in [-0.05, 0) is 44.4 Å². The van der Waals surface area contributed by atoms with Gasteiger partial charge in [-0.3, -0.25) is 24.9 Å². The van der Waals surface area contributed by atoms with Crippen LogP contribution in [-0.2, 0) is 26.2 Å². The minimum atomic E-state index is 0.789. The second-order valence-corrected chi connectivity index (χ2v) is 6.37. The summed E-state index contributed by atoms with van der Waals surface area (Å²) >= 11 is 0. The summed E-state index contributed by atoms with van der Waals surface area (Å²) in [6.45, 7) is 3.22. The number of nitrogens with zero attached hydrogens (tertiary/aromatic N) is 5. The summed E-state index contributed by atoms with van der Waals surface area (Å²) in [7, 11) is 4.17. The summed E-state index contributed by atoms with van der Waals surface area (Å²) in [6, 6.07) is 14.1. The van der Waals surface area contributed by atoms with Crippen molar-refractivity contribution < 1.29 is 0 Å². The zero-order valence-electron chi connectivity index (χ0n) is 14.8. The summed E-state index contributed by atoms with van der Waals surface area (Å²) in [5, 5.41) is 7.57. The summed E-state index contributed by atoms with van der Waals surface area (Å²) in [4.78, 5) is 13.2. The molecule has 3 aromatic heterocycles. The van der Waals surface area contributed by atoms with Crippen molar-refractivity contribution >= 4 is 0 Å².